The van der Waals surface area contributed by atoms with Gasteiger partial charge in [-0.1, -0.05) is 0 Å². The number of imide groups is 1. The van der Waals surface area contributed by atoms with E-state index in [1.165, 1.54) is 0 Å². The summed E-state index contributed by atoms with van der Waals surface area (Å²) in [6, 6.07) is -1.06. The van der Waals surface area contributed by atoms with Crippen molar-refractivity contribution in [3.8, 4) is 0 Å². The van der Waals surface area contributed by atoms with Crippen molar-refractivity contribution < 1.29 is 19.3 Å². The second-order valence-corrected chi connectivity index (χ2v) is 3.87. The number of urea groups is 1. The molecule has 96 valence electrons. The summed E-state index contributed by atoms with van der Waals surface area (Å²) >= 11 is 0.623. The molecule has 0 atom stereocenters. The number of rotatable bonds is 5. The van der Waals surface area contributed by atoms with Crippen LogP contribution in [0, 0.1) is 10.1 Å². The normalized spacial score (nSPS) is 9.56. The first-order valence-electron chi connectivity index (χ1n) is 4.35. The summed E-state index contributed by atoms with van der Waals surface area (Å²) < 4.78 is 0. The van der Waals surface area contributed by atoms with Gasteiger partial charge in [0.05, 0.1) is 4.92 Å². The Balaban J connectivity index is 2.76. The summed E-state index contributed by atoms with van der Waals surface area (Å²) in [5.74, 6) is -0.826. The van der Waals surface area contributed by atoms with Crippen molar-refractivity contribution in [2.75, 3.05) is 11.4 Å². The quantitative estimate of drug-likeness (QED) is 0.408. The van der Waals surface area contributed by atoms with E-state index in [4.69, 9.17) is 5.73 Å². The van der Waals surface area contributed by atoms with Gasteiger partial charge in [-0.2, -0.15) is 0 Å². The number of carbonyl (C=O) groups excluding carboxylic acids is 3. The number of carbonyl (C=O) groups is 3. The Morgan fingerprint density at radius 3 is 2.78 bits per heavy atom. The number of aromatic nitrogens is 1. The fraction of sp³-hybridized carbons (Fsp3) is 0.143. The first-order chi connectivity index (χ1) is 8.43. The molecule has 0 saturated carbocycles. The number of hydrogen-bond donors (Lipinski definition) is 2. The lowest BCUT2D eigenvalue weighted by atomic mass is 10.5. The van der Waals surface area contributed by atoms with E-state index < -0.39 is 23.4 Å². The van der Waals surface area contributed by atoms with Crippen LogP contribution in [0.2, 0.25) is 0 Å². The predicted molar refractivity (Wildman–Crippen MR) is 59.9 cm³/mol. The number of nitro groups is 1. The molecule has 0 aliphatic heterocycles. The summed E-state index contributed by atoms with van der Waals surface area (Å²) in [6.07, 6.45) is 1.23. The maximum absolute atomic E-state index is 11.2. The molecular formula is C7H7N5O5S. The van der Waals surface area contributed by atoms with Gasteiger partial charge in [0, 0.05) is 0 Å². The lowest BCUT2D eigenvalue weighted by molar-refractivity contribution is -0.380. The Bertz CT molecular complexity index is 500. The third-order valence-electron chi connectivity index (χ3n) is 1.61. The van der Waals surface area contributed by atoms with Crippen LogP contribution >= 0.6 is 11.3 Å². The zero-order valence-electron chi connectivity index (χ0n) is 8.73. The average molecular weight is 273 g/mol. The Hall–Kier alpha value is -2.56. The molecule has 1 rings (SSSR count). The number of primary amides is 1. The maximum atomic E-state index is 11.2. The van der Waals surface area contributed by atoms with Crippen molar-refractivity contribution in [2.24, 2.45) is 5.73 Å². The van der Waals surface area contributed by atoms with Gasteiger partial charge in [0.2, 0.25) is 12.3 Å². The van der Waals surface area contributed by atoms with Gasteiger partial charge < -0.3 is 5.73 Å². The minimum absolute atomic E-state index is 0.0312. The third-order valence-corrected chi connectivity index (χ3v) is 2.60. The molecule has 18 heavy (non-hydrogen) atoms. The van der Waals surface area contributed by atoms with Crippen LogP contribution in [0.5, 0.6) is 0 Å². The first kappa shape index (κ1) is 13.5. The molecular weight excluding hydrogens is 266 g/mol. The van der Waals surface area contributed by atoms with E-state index in [-0.39, 0.29) is 16.5 Å². The standard InChI is InChI=1S/C7H7N5O5S/c8-6(15)10-4(14)2-11(3-13)7-9-1-5(18-7)12(16)17/h1,3H,2H2,(H3,8,10,14,15). The monoisotopic (exact) mass is 273 g/mol. The molecule has 0 bridgehead atoms. The van der Waals surface area contributed by atoms with Gasteiger partial charge in [-0.25, -0.2) is 9.78 Å². The number of amides is 4. The summed E-state index contributed by atoms with van der Waals surface area (Å²) in [5.41, 5.74) is 4.71. The minimum atomic E-state index is -1.06. The molecule has 0 unspecified atom stereocenters. The molecule has 0 radical (unpaired) electrons. The number of nitrogens with two attached hydrogens (primary N) is 1. The van der Waals surface area contributed by atoms with Crippen molar-refractivity contribution in [3.63, 3.8) is 0 Å². The summed E-state index contributed by atoms with van der Waals surface area (Å²) in [5, 5.41) is 11.9. The van der Waals surface area contributed by atoms with E-state index >= 15 is 0 Å². The van der Waals surface area contributed by atoms with Crippen LogP contribution in [0.25, 0.3) is 0 Å². The SMILES string of the molecule is NC(=O)NC(=O)CN(C=O)c1ncc([N+](=O)[O-])s1. The van der Waals surface area contributed by atoms with Crippen molar-refractivity contribution in [1.82, 2.24) is 10.3 Å². The number of nitrogens with one attached hydrogen (secondary N) is 1. The van der Waals surface area contributed by atoms with Gasteiger partial charge in [-0.15, -0.1) is 0 Å². The molecule has 10 nitrogen and oxygen atoms in total. The van der Waals surface area contributed by atoms with E-state index in [1.54, 1.807) is 5.32 Å². The fourth-order valence-corrected chi connectivity index (χ4v) is 1.65. The van der Waals surface area contributed by atoms with Crippen LogP contribution in [0.1, 0.15) is 0 Å². The predicted octanol–water partition coefficient (Wildman–Crippen LogP) is -0.791. The zero-order chi connectivity index (χ0) is 13.7. The van der Waals surface area contributed by atoms with Gasteiger partial charge in [-0.05, 0) is 11.3 Å². The summed E-state index contributed by atoms with van der Waals surface area (Å²) in [7, 11) is 0. The van der Waals surface area contributed by atoms with Crippen molar-refractivity contribution in [1.29, 1.82) is 0 Å². The van der Waals surface area contributed by atoms with Crippen LogP contribution in [-0.4, -0.2) is 34.8 Å². The second-order valence-electron chi connectivity index (χ2n) is 2.88. The van der Waals surface area contributed by atoms with E-state index in [0.717, 1.165) is 11.1 Å². The molecule has 0 fully saturated rings. The highest BCUT2D eigenvalue weighted by Crippen LogP contribution is 2.27. The van der Waals surface area contributed by atoms with E-state index in [9.17, 15) is 24.5 Å². The molecule has 0 aliphatic rings. The van der Waals surface area contributed by atoms with Crippen molar-refractivity contribution in [2.45, 2.75) is 0 Å². The smallest absolute Gasteiger partial charge is 0.345 e. The van der Waals surface area contributed by atoms with E-state index in [0.29, 0.717) is 11.3 Å². The lowest BCUT2D eigenvalue weighted by Crippen LogP contribution is -2.42. The third kappa shape index (κ3) is 3.48. The highest BCUT2D eigenvalue weighted by atomic mass is 32.1. The Labute approximate surface area is 104 Å². The van der Waals surface area contributed by atoms with E-state index in [2.05, 4.69) is 4.98 Å². The van der Waals surface area contributed by atoms with Gasteiger partial charge in [0.25, 0.3) is 0 Å². The number of anilines is 1. The van der Waals surface area contributed by atoms with Gasteiger partial charge in [0.1, 0.15) is 12.7 Å². The molecule has 3 N–H and O–H groups in total. The molecule has 1 heterocycles. The van der Waals surface area contributed by atoms with Crippen LogP contribution in [-0.2, 0) is 9.59 Å². The summed E-state index contributed by atoms with van der Waals surface area (Å²) in [6.45, 7) is -0.517. The Morgan fingerprint density at radius 2 is 2.33 bits per heavy atom. The highest BCUT2D eigenvalue weighted by molar-refractivity contribution is 7.18. The topological polar surface area (TPSA) is 149 Å². The summed E-state index contributed by atoms with van der Waals surface area (Å²) in [4.78, 5) is 46.5. The van der Waals surface area contributed by atoms with Gasteiger partial charge in [-0.3, -0.25) is 29.9 Å². The van der Waals surface area contributed by atoms with Crippen molar-refractivity contribution >= 4 is 39.8 Å². The number of hydrogen-bond acceptors (Lipinski definition) is 7. The first-order valence-corrected chi connectivity index (χ1v) is 5.17. The van der Waals surface area contributed by atoms with Gasteiger partial charge in [0.15, 0.2) is 5.13 Å². The molecule has 1 aromatic rings. The largest absolute Gasteiger partial charge is 0.351 e. The number of thiazole rings is 1. The minimum Gasteiger partial charge on any atom is -0.351 e. The Morgan fingerprint density at radius 1 is 1.67 bits per heavy atom. The fourth-order valence-electron chi connectivity index (χ4n) is 0.956. The highest BCUT2D eigenvalue weighted by Gasteiger charge is 2.19. The Kier molecular flexibility index (Phi) is 4.26. The molecule has 0 aromatic carbocycles. The maximum Gasteiger partial charge on any atom is 0.345 e. The second kappa shape index (κ2) is 5.67. The average Bonchev–Trinajstić information content (AvgIpc) is 2.74. The van der Waals surface area contributed by atoms with E-state index in [1.807, 2.05) is 0 Å². The van der Waals surface area contributed by atoms with Crippen LogP contribution < -0.4 is 16.0 Å². The zero-order valence-corrected chi connectivity index (χ0v) is 9.55. The van der Waals surface area contributed by atoms with Crippen LogP contribution in [0.15, 0.2) is 6.20 Å². The number of nitrogens with zero attached hydrogens (tertiary/aromatic N) is 3. The van der Waals surface area contributed by atoms with Crippen molar-refractivity contribution in [3.05, 3.63) is 16.3 Å². The van der Waals surface area contributed by atoms with Crippen LogP contribution in [0.4, 0.5) is 14.9 Å². The van der Waals surface area contributed by atoms with Gasteiger partial charge >= 0.3 is 11.0 Å². The molecule has 4 amide bonds. The molecule has 0 saturated heterocycles. The lowest BCUT2D eigenvalue weighted by Gasteiger charge is -2.11. The molecule has 11 heteroatoms. The molecule has 0 aliphatic carbocycles. The molecule has 0 spiro atoms. The molecule has 1 aromatic heterocycles. The van der Waals surface area contributed by atoms with Crippen LogP contribution in [0.3, 0.4) is 0 Å².